The third kappa shape index (κ3) is 8.51. The second kappa shape index (κ2) is 11.2. The van der Waals surface area contributed by atoms with Crippen molar-refractivity contribution in [1.29, 1.82) is 0 Å². The summed E-state index contributed by atoms with van der Waals surface area (Å²) < 4.78 is 5.54. The van der Waals surface area contributed by atoms with Gasteiger partial charge in [0.1, 0.15) is 5.60 Å². The fourth-order valence-electron chi connectivity index (χ4n) is 2.79. The van der Waals surface area contributed by atoms with Crippen molar-refractivity contribution in [2.45, 2.75) is 52.7 Å². The lowest BCUT2D eigenvalue weighted by Crippen LogP contribution is -2.37. The average molecular weight is 412 g/mol. The Morgan fingerprint density at radius 2 is 2.00 bits per heavy atom. The quantitative estimate of drug-likeness (QED) is 0.386. The first-order valence-electron chi connectivity index (χ1n) is 10.3. The van der Waals surface area contributed by atoms with E-state index in [-0.39, 0.29) is 6.09 Å². The smallest absolute Gasteiger partial charge is 0.410 e. The highest BCUT2D eigenvalue weighted by molar-refractivity contribution is 5.92. The van der Waals surface area contributed by atoms with Gasteiger partial charge in [0.2, 0.25) is 0 Å². The molecule has 2 aromatic rings. The van der Waals surface area contributed by atoms with Crippen molar-refractivity contribution < 1.29 is 9.53 Å². The zero-order valence-corrected chi connectivity index (χ0v) is 18.4. The van der Waals surface area contributed by atoms with E-state index in [9.17, 15) is 4.79 Å². The maximum Gasteiger partial charge on any atom is 0.410 e. The molecule has 0 fully saturated rings. The molecule has 0 unspecified atom stereocenters. The number of aryl methyl sites for hydroxylation is 1. The first-order valence-corrected chi connectivity index (χ1v) is 10.3. The van der Waals surface area contributed by atoms with E-state index in [1.165, 1.54) is 5.56 Å². The van der Waals surface area contributed by atoms with E-state index in [1.54, 1.807) is 17.3 Å². The summed E-state index contributed by atoms with van der Waals surface area (Å²) in [5.74, 6) is 0.360. The Morgan fingerprint density at radius 3 is 2.67 bits per heavy atom. The molecule has 162 valence electrons. The molecule has 1 aromatic heterocycles. The summed E-state index contributed by atoms with van der Waals surface area (Å²) in [5.41, 5.74) is 8.55. The molecule has 0 saturated carbocycles. The van der Waals surface area contributed by atoms with Gasteiger partial charge < -0.3 is 20.7 Å². The predicted molar refractivity (Wildman–Crippen MR) is 121 cm³/mol. The molecule has 0 radical (unpaired) electrons. The summed E-state index contributed by atoms with van der Waals surface area (Å²) in [7, 11) is 0. The molecule has 0 bridgehead atoms. The van der Waals surface area contributed by atoms with E-state index >= 15 is 0 Å². The van der Waals surface area contributed by atoms with Gasteiger partial charge in [-0.2, -0.15) is 0 Å². The Balaban J connectivity index is 1.91. The normalized spacial score (nSPS) is 11.8. The van der Waals surface area contributed by atoms with Gasteiger partial charge in [-0.1, -0.05) is 25.1 Å². The van der Waals surface area contributed by atoms with Crippen LogP contribution >= 0.6 is 0 Å². The molecular weight excluding hydrogens is 378 g/mol. The maximum atomic E-state index is 12.6. The van der Waals surface area contributed by atoms with Gasteiger partial charge in [0.25, 0.3) is 0 Å². The molecule has 0 aliphatic rings. The van der Waals surface area contributed by atoms with Crippen molar-refractivity contribution in [1.82, 2.24) is 9.88 Å². The van der Waals surface area contributed by atoms with Crippen LogP contribution in [0.25, 0.3) is 0 Å². The van der Waals surface area contributed by atoms with Crippen LogP contribution in [-0.4, -0.2) is 40.6 Å². The zero-order valence-electron chi connectivity index (χ0n) is 18.4. The third-order valence-electron chi connectivity index (χ3n) is 4.22. The van der Waals surface area contributed by atoms with Crippen molar-refractivity contribution in [2.75, 3.05) is 18.4 Å². The van der Waals surface area contributed by atoms with Gasteiger partial charge in [-0.05, 0) is 62.9 Å². The lowest BCUT2D eigenvalue weighted by Gasteiger charge is -2.27. The van der Waals surface area contributed by atoms with Crippen molar-refractivity contribution in [3.63, 3.8) is 0 Å². The molecule has 30 heavy (non-hydrogen) atoms. The number of carbonyl (C=O) groups excluding carboxylic acids is 1. The Hall–Kier alpha value is -3.09. The fraction of sp³-hybridized carbons (Fsp3) is 0.435. The molecule has 7 nitrogen and oxygen atoms in total. The molecule has 3 N–H and O–H groups in total. The highest BCUT2D eigenvalue weighted by atomic mass is 16.6. The molecule has 1 heterocycles. The van der Waals surface area contributed by atoms with Crippen molar-refractivity contribution in [3.8, 4) is 0 Å². The monoisotopic (exact) mass is 411 g/mol. The number of carbonyl (C=O) groups is 1. The van der Waals surface area contributed by atoms with Crippen LogP contribution in [0.3, 0.4) is 0 Å². The average Bonchev–Trinajstić information content (AvgIpc) is 2.70. The number of aliphatic imine (C=N–C) groups is 1. The first-order chi connectivity index (χ1) is 14.3. The van der Waals surface area contributed by atoms with Gasteiger partial charge in [0.05, 0.1) is 6.54 Å². The number of hydrogen-bond donors (Lipinski definition) is 2. The number of rotatable bonds is 8. The van der Waals surface area contributed by atoms with E-state index in [2.05, 4.69) is 34.3 Å². The number of anilines is 1. The van der Waals surface area contributed by atoms with E-state index < -0.39 is 5.60 Å². The largest absolute Gasteiger partial charge is 0.444 e. The number of nitrogens with two attached hydrogens (primary N) is 1. The van der Waals surface area contributed by atoms with E-state index in [1.807, 2.05) is 45.0 Å². The Kier molecular flexibility index (Phi) is 8.65. The Morgan fingerprint density at radius 1 is 1.23 bits per heavy atom. The van der Waals surface area contributed by atoms with E-state index in [4.69, 9.17) is 10.5 Å². The summed E-state index contributed by atoms with van der Waals surface area (Å²) in [6, 6.07) is 11.9. The second-order valence-corrected chi connectivity index (χ2v) is 8.06. The fourth-order valence-corrected chi connectivity index (χ4v) is 2.79. The Bertz CT molecular complexity index is 831. The lowest BCUT2D eigenvalue weighted by atomic mass is 10.1. The lowest BCUT2D eigenvalue weighted by molar-refractivity contribution is 0.0232. The summed E-state index contributed by atoms with van der Waals surface area (Å²) in [4.78, 5) is 22.8. The standard InChI is InChI=1S/C23H33N5O2/c1-5-18-9-6-11-20(15-18)27-21(24)26-13-8-14-28(22(29)30-23(2,3)4)17-19-10-7-12-25-16-19/h6-7,9-12,15-16H,5,8,13-14,17H2,1-4H3,(H3,24,26,27). The van der Waals surface area contributed by atoms with E-state index in [0.717, 1.165) is 17.7 Å². The van der Waals surface area contributed by atoms with E-state index in [0.29, 0.717) is 32.0 Å². The minimum absolute atomic E-state index is 0.349. The molecule has 0 saturated heterocycles. The van der Waals surface area contributed by atoms with Crippen LogP contribution in [0.4, 0.5) is 10.5 Å². The first kappa shape index (κ1) is 23.2. The molecule has 0 atom stereocenters. The van der Waals surface area contributed by atoms with Crippen LogP contribution in [-0.2, 0) is 17.7 Å². The number of amides is 1. The van der Waals surface area contributed by atoms with Gasteiger partial charge >= 0.3 is 6.09 Å². The van der Waals surface area contributed by atoms with Gasteiger partial charge in [-0.25, -0.2) is 4.79 Å². The summed E-state index contributed by atoms with van der Waals surface area (Å²) in [6.07, 6.45) is 4.74. The number of hydrogen-bond acceptors (Lipinski definition) is 4. The molecule has 0 aliphatic heterocycles. The minimum atomic E-state index is -0.552. The highest BCUT2D eigenvalue weighted by Gasteiger charge is 2.22. The molecule has 0 spiro atoms. The third-order valence-corrected chi connectivity index (χ3v) is 4.22. The van der Waals surface area contributed by atoms with Crippen molar-refractivity contribution >= 4 is 17.7 Å². The van der Waals surface area contributed by atoms with Crippen LogP contribution in [0.5, 0.6) is 0 Å². The SMILES string of the molecule is CCc1cccc(NC(N)=NCCCN(Cc2cccnc2)C(=O)OC(C)(C)C)c1. The van der Waals surface area contributed by atoms with Crippen molar-refractivity contribution in [2.24, 2.45) is 10.7 Å². The summed E-state index contributed by atoms with van der Waals surface area (Å²) in [6.45, 7) is 9.12. The molecule has 7 heteroatoms. The van der Waals surface area contributed by atoms with Gasteiger partial charge in [-0.15, -0.1) is 0 Å². The number of aromatic nitrogens is 1. The van der Waals surface area contributed by atoms with Gasteiger partial charge in [0.15, 0.2) is 5.96 Å². The number of ether oxygens (including phenoxy) is 1. The minimum Gasteiger partial charge on any atom is -0.444 e. The molecular formula is C23H33N5O2. The number of nitrogens with zero attached hydrogens (tertiary/aromatic N) is 3. The molecule has 1 amide bonds. The summed E-state index contributed by atoms with van der Waals surface area (Å²) >= 11 is 0. The zero-order chi connectivity index (χ0) is 22.0. The highest BCUT2D eigenvalue weighted by Crippen LogP contribution is 2.13. The number of nitrogens with one attached hydrogen (secondary N) is 1. The molecule has 1 aromatic carbocycles. The van der Waals surface area contributed by atoms with Crippen LogP contribution < -0.4 is 11.1 Å². The number of pyridine rings is 1. The van der Waals surface area contributed by atoms with Gasteiger partial charge in [-0.3, -0.25) is 9.98 Å². The number of benzene rings is 1. The Labute approximate surface area is 179 Å². The van der Waals surface area contributed by atoms with Crippen LogP contribution in [0, 0.1) is 0 Å². The van der Waals surface area contributed by atoms with Crippen LogP contribution in [0.2, 0.25) is 0 Å². The van der Waals surface area contributed by atoms with Crippen molar-refractivity contribution in [3.05, 3.63) is 59.9 Å². The summed E-state index contributed by atoms with van der Waals surface area (Å²) in [5, 5.41) is 3.11. The van der Waals surface area contributed by atoms with Crippen LogP contribution in [0.15, 0.2) is 53.8 Å². The molecule has 0 aliphatic carbocycles. The number of guanidine groups is 1. The second-order valence-electron chi connectivity index (χ2n) is 8.06. The predicted octanol–water partition coefficient (Wildman–Crippen LogP) is 4.20. The van der Waals surface area contributed by atoms with Crippen LogP contribution in [0.1, 0.15) is 45.2 Å². The molecule has 2 rings (SSSR count). The maximum absolute atomic E-state index is 12.6. The van der Waals surface area contributed by atoms with Gasteiger partial charge in [0, 0.05) is 31.2 Å². The topological polar surface area (TPSA) is 92.8 Å².